The van der Waals surface area contributed by atoms with Crippen molar-refractivity contribution in [3.63, 3.8) is 0 Å². The van der Waals surface area contributed by atoms with Gasteiger partial charge < -0.3 is 25.6 Å². The maximum atomic E-state index is 14.8. The van der Waals surface area contributed by atoms with Crippen molar-refractivity contribution in [2.75, 3.05) is 12.4 Å². The summed E-state index contributed by atoms with van der Waals surface area (Å²) in [4.78, 5) is 45.1. The molecule has 8 rings (SSSR count). The molecule has 5 aromatic rings. The van der Waals surface area contributed by atoms with Gasteiger partial charge in [-0.15, -0.1) is 0 Å². The molecule has 6 unspecified atom stereocenters. The summed E-state index contributed by atoms with van der Waals surface area (Å²) >= 11 is 0. The minimum Gasteiger partial charge on any atom is -0.508 e. The van der Waals surface area contributed by atoms with Gasteiger partial charge in [-0.1, -0.05) is 84.6 Å². The lowest BCUT2D eigenvalue weighted by atomic mass is 9.65. The highest BCUT2D eigenvalue weighted by atomic mass is 16.6. The van der Waals surface area contributed by atoms with E-state index >= 15 is 0 Å². The molecule has 2 amide bonds. The quantitative estimate of drug-likeness (QED) is 0.164. The molecular weight excluding hydrogens is 642 g/mol. The first-order valence-corrected chi connectivity index (χ1v) is 16.6. The zero-order chi connectivity index (χ0) is 35.3. The van der Waals surface area contributed by atoms with E-state index in [9.17, 15) is 19.5 Å². The number of amides is 2. The van der Waals surface area contributed by atoms with E-state index in [0.717, 1.165) is 16.7 Å². The maximum absolute atomic E-state index is 14.8. The number of methoxy groups -OCH3 is 1. The van der Waals surface area contributed by atoms with Crippen LogP contribution in [0.25, 0.3) is 0 Å². The fraction of sp³-hybridized carbons (Fsp3) is 0.167. The molecule has 9 nitrogen and oxygen atoms in total. The number of nitrogens with one attached hydrogen (secondary N) is 1. The van der Waals surface area contributed by atoms with Gasteiger partial charge in [-0.25, -0.2) is 0 Å². The van der Waals surface area contributed by atoms with Crippen molar-refractivity contribution in [3.05, 3.63) is 161 Å². The van der Waals surface area contributed by atoms with E-state index in [2.05, 4.69) is 17.2 Å². The molecule has 9 heteroatoms. The van der Waals surface area contributed by atoms with E-state index in [-0.39, 0.29) is 5.75 Å². The number of phenolic OH excluding ortho intramolecular Hbond substituents is 1. The number of aromatic hydroxyl groups is 1. The molecule has 0 aliphatic carbocycles. The van der Waals surface area contributed by atoms with Gasteiger partial charge in [-0.2, -0.15) is 0 Å². The highest BCUT2D eigenvalue weighted by Crippen LogP contribution is 2.64. The van der Waals surface area contributed by atoms with Gasteiger partial charge in [0.15, 0.2) is 0 Å². The van der Waals surface area contributed by atoms with Crippen LogP contribution in [0.3, 0.4) is 0 Å². The van der Waals surface area contributed by atoms with Crippen LogP contribution in [0.1, 0.15) is 51.6 Å². The number of ether oxygens (including phenoxy) is 2. The molecule has 0 aromatic heterocycles. The van der Waals surface area contributed by atoms with Gasteiger partial charge in [0.2, 0.25) is 11.8 Å². The SMILES string of the molecule is COc1ccc(C#Cc2ccc3c(c2)C2(C(=O)N3)C(C(N)=O)C3C(=O)OC(c4ccccc4)C(c4ccccc4)N3C2c2ccc(O)cc2)cc1. The lowest BCUT2D eigenvalue weighted by Crippen LogP contribution is -2.53. The summed E-state index contributed by atoms with van der Waals surface area (Å²) in [6.45, 7) is 0. The molecule has 3 heterocycles. The number of nitrogens with zero attached hydrogens (tertiary/aromatic N) is 1. The first-order valence-electron chi connectivity index (χ1n) is 16.6. The van der Waals surface area contributed by atoms with E-state index < -0.39 is 53.3 Å². The Morgan fingerprint density at radius 3 is 2.08 bits per heavy atom. The number of cyclic esters (lactones) is 1. The number of primary amides is 1. The highest BCUT2D eigenvalue weighted by molar-refractivity contribution is 6.12. The third-order valence-corrected chi connectivity index (χ3v) is 10.3. The van der Waals surface area contributed by atoms with Gasteiger partial charge in [-0.3, -0.25) is 19.3 Å². The first-order chi connectivity index (χ1) is 24.8. The van der Waals surface area contributed by atoms with Crippen LogP contribution in [0.5, 0.6) is 11.5 Å². The number of rotatable bonds is 5. The minimum absolute atomic E-state index is 0.0287. The Bertz CT molecular complexity index is 2210. The van der Waals surface area contributed by atoms with Crippen molar-refractivity contribution in [2.24, 2.45) is 11.7 Å². The summed E-state index contributed by atoms with van der Waals surface area (Å²) in [5.74, 6) is 3.84. The van der Waals surface area contributed by atoms with Crippen LogP contribution in [0.15, 0.2) is 127 Å². The first kappa shape index (κ1) is 31.9. The largest absolute Gasteiger partial charge is 0.508 e. The average Bonchev–Trinajstić information content (AvgIpc) is 3.64. The molecule has 3 aliphatic heterocycles. The summed E-state index contributed by atoms with van der Waals surface area (Å²) in [6.07, 6.45) is -0.786. The predicted molar refractivity (Wildman–Crippen MR) is 189 cm³/mol. The number of phenols is 1. The second-order valence-corrected chi connectivity index (χ2v) is 13.0. The fourth-order valence-corrected chi connectivity index (χ4v) is 8.18. The average molecular weight is 676 g/mol. The van der Waals surface area contributed by atoms with Gasteiger partial charge in [0, 0.05) is 16.8 Å². The summed E-state index contributed by atoms with van der Waals surface area (Å²) in [6, 6.07) is 35.5. The number of carbonyl (C=O) groups is 3. The monoisotopic (exact) mass is 675 g/mol. The van der Waals surface area contributed by atoms with Crippen LogP contribution >= 0.6 is 0 Å². The summed E-state index contributed by atoms with van der Waals surface area (Å²) in [7, 11) is 1.60. The van der Waals surface area contributed by atoms with E-state index in [1.165, 1.54) is 12.1 Å². The highest BCUT2D eigenvalue weighted by Gasteiger charge is 2.73. The molecule has 3 aliphatic rings. The fourth-order valence-electron chi connectivity index (χ4n) is 8.18. The smallest absolute Gasteiger partial charge is 0.324 e. The van der Waals surface area contributed by atoms with Gasteiger partial charge in [0.05, 0.1) is 25.1 Å². The van der Waals surface area contributed by atoms with E-state index in [4.69, 9.17) is 15.2 Å². The van der Waals surface area contributed by atoms with Crippen molar-refractivity contribution in [3.8, 4) is 23.3 Å². The molecule has 1 spiro atoms. The number of esters is 1. The molecule has 4 N–H and O–H groups in total. The third kappa shape index (κ3) is 5.11. The number of morpholine rings is 1. The Kier molecular flexibility index (Phi) is 7.81. The summed E-state index contributed by atoms with van der Waals surface area (Å²) < 4.78 is 11.6. The van der Waals surface area contributed by atoms with Crippen molar-refractivity contribution in [1.29, 1.82) is 0 Å². The minimum atomic E-state index is -1.68. The van der Waals surface area contributed by atoms with Crippen LogP contribution in [-0.4, -0.2) is 40.9 Å². The number of fused-ring (bicyclic) bond motifs is 3. The number of benzene rings is 5. The predicted octanol–water partition coefficient (Wildman–Crippen LogP) is 5.56. The van der Waals surface area contributed by atoms with Gasteiger partial charge >= 0.3 is 5.97 Å². The number of nitrogens with two attached hydrogens (primary N) is 1. The second kappa shape index (κ2) is 12.5. The third-order valence-electron chi connectivity index (χ3n) is 10.3. The molecule has 0 bridgehead atoms. The van der Waals surface area contributed by atoms with Crippen LogP contribution in [-0.2, 0) is 24.5 Å². The van der Waals surface area contributed by atoms with Crippen molar-refractivity contribution in [1.82, 2.24) is 4.90 Å². The summed E-state index contributed by atoms with van der Waals surface area (Å²) in [5.41, 5.74) is 9.17. The molecular formula is C42H33N3O6. The molecule has 2 saturated heterocycles. The zero-order valence-electron chi connectivity index (χ0n) is 27.5. The number of hydrogen-bond acceptors (Lipinski definition) is 7. The van der Waals surface area contributed by atoms with Crippen LogP contribution in [0, 0.1) is 17.8 Å². The van der Waals surface area contributed by atoms with Crippen molar-refractivity contribution >= 4 is 23.5 Å². The Labute approximate surface area is 294 Å². The maximum Gasteiger partial charge on any atom is 0.324 e. The number of anilines is 1. The van der Waals surface area contributed by atoms with Gasteiger partial charge in [0.25, 0.3) is 0 Å². The van der Waals surface area contributed by atoms with Crippen LogP contribution in [0.4, 0.5) is 5.69 Å². The second-order valence-electron chi connectivity index (χ2n) is 13.0. The normalized spacial score (nSPS) is 24.8. The zero-order valence-corrected chi connectivity index (χ0v) is 27.5. The molecule has 5 aromatic carbocycles. The molecule has 0 radical (unpaired) electrons. The molecule has 6 atom stereocenters. The van der Waals surface area contributed by atoms with E-state index in [0.29, 0.717) is 28.1 Å². The molecule has 51 heavy (non-hydrogen) atoms. The Balaban J connectivity index is 1.38. The summed E-state index contributed by atoms with van der Waals surface area (Å²) in [5, 5.41) is 13.4. The standard InChI is InChI=1S/C42H33N3O6/c1-50-31-21-14-25(15-22-31)12-13-26-16-23-33-32(24-26)42(41(49)44-33)34(39(43)47)36-40(48)51-37(28-10-6-3-7-11-28)35(27-8-4-2-5-9-27)45(36)38(42)29-17-19-30(46)20-18-29/h2-11,14-24,34-38,46H,1H3,(H2,43,47)(H,44,49). The molecule has 0 saturated carbocycles. The number of carbonyl (C=O) groups excluding carboxylic acids is 3. The Morgan fingerprint density at radius 2 is 1.43 bits per heavy atom. The lowest BCUT2D eigenvalue weighted by Gasteiger charge is -2.46. The van der Waals surface area contributed by atoms with E-state index in [1.807, 2.05) is 95.9 Å². The van der Waals surface area contributed by atoms with Crippen molar-refractivity contribution in [2.45, 2.75) is 29.6 Å². The van der Waals surface area contributed by atoms with Gasteiger partial charge in [-0.05, 0) is 76.9 Å². The lowest BCUT2D eigenvalue weighted by molar-refractivity contribution is -0.178. The van der Waals surface area contributed by atoms with Crippen LogP contribution < -0.4 is 15.8 Å². The topological polar surface area (TPSA) is 131 Å². The van der Waals surface area contributed by atoms with Gasteiger partial charge in [0.1, 0.15) is 29.1 Å². The van der Waals surface area contributed by atoms with Crippen molar-refractivity contribution < 1.29 is 29.0 Å². The van der Waals surface area contributed by atoms with E-state index in [1.54, 1.807) is 31.4 Å². The Hall–Kier alpha value is -6.37. The molecule has 2 fully saturated rings. The number of hydrogen-bond donors (Lipinski definition) is 3. The Morgan fingerprint density at radius 1 is 0.804 bits per heavy atom. The molecule has 252 valence electrons. The van der Waals surface area contributed by atoms with Crippen LogP contribution in [0.2, 0.25) is 0 Å².